The van der Waals surface area contributed by atoms with Crippen LogP contribution in [0.2, 0.25) is 0 Å². The molecule has 0 unspecified atom stereocenters. The standard InChI is InChI=1S/C16H16N4O2/c1-13(21)19-15-7-5-14(6-8-15)4-2-9-17-16(22)12-20-11-3-10-18-20/h3,5-8,10-11H,9,12H2,1H3,(H,17,22)(H,19,21). The Labute approximate surface area is 128 Å². The Kier molecular flexibility index (Phi) is 5.32. The molecule has 22 heavy (non-hydrogen) atoms. The normalized spacial score (nSPS) is 9.50. The van der Waals surface area contributed by atoms with Crippen molar-refractivity contribution < 1.29 is 9.59 Å². The molecular formula is C16H16N4O2. The average Bonchev–Trinajstić information content (AvgIpc) is 2.97. The molecule has 1 aromatic heterocycles. The third-order valence-electron chi connectivity index (χ3n) is 2.68. The average molecular weight is 296 g/mol. The highest BCUT2D eigenvalue weighted by atomic mass is 16.2. The van der Waals surface area contributed by atoms with Crippen LogP contribution >= 0.6 is 0 Å². The zero-order valence-electron chi connectivity index (χ0n) is 12.2. The zero-order valence-corrected chi connectivity index (χ0v) is 12.2. The van der Waals surface area contributed by atoms with Crippen molar-refractivity contribution in [2.75, 3.05) is 11.9 Å². The summed E-state index contributed by atoms with van der Waals surface area (Å²) in [5.41, 5.74) is 1.54. The van der Waals surface area contributed by atoms with E-state index in [9.17, 15) is 9.59 Å². The molecule has 0 aliphatic heterocycles. The first-order chi connectivity index (χ1) is 10.6. The zero-order chi connectivity index (χ0) is 15.8. The van der Waals surface area contributed by atoms with Crippen LogP contribution < -0.4 is 10.6 Å². The van der Waals surface area contributed by atoms with Crippen LogP contribution in [-0.4, -0.2) is 28.1 Å². The van der Waals surface area contributed by atoms with Crippen LogP contribution in [-0.2, 0) is 16.1 Å². The van der Waals surface area contributed by atoms with Gasteiger partial charge < -0.3 is 10.6 Å². The maximum Gasteiger partial charge on any atom is 0.242 e. The molecule has 0 atom stereocenters. The number of carbonyl (C=O) groups is 2. The first-order valence-corrected chi connectivity index (χ1v) is 6.74. The largest absolute Gasteiger partial charge is 0.344 e. The van der Waals surface area contributed by atoms with Gasteiger partial charge >= 0.3 is 0 Å². The smallest absolute Gasteiger partial charge is 0.242 e. The highest BCUT2D eigenvalue weighted by molar-refractivity contribution is 5.88. The number of hydrogen-bond acceptors (Lipinski definition) is 3. The van der Waals surface area contributed by atoms with E-state index in [1.165, 1.54) is 6.92 Å². The van der Waals surface area contributed by atoms with Gasteiger partial charge in [0.15, 0.2) is 0 Å². The van der Waals surface area contributed by atoms with Crippen molar-refractivity contribution in [3.63, 3.8) is 0 Å². The first kappa shape index (κ1) is 15.3. The van der Waals surface area contributed by atoms with E-state index < -0.39 is 0 Å². The van der Waals surface area contributed by atoms with Gasteiger partial charge in [0.25, 0.3) is 0 Å². The van der Waals surface area contributed by atoms with Crippen molar-refractivity contribution in [1.29, 1.82) is 0 Å². The number of anilines is 1. The van der Waals surface area contributed by atoms with Gasteiger partial charge in [0.2, 0.25) is 11.8 Å². The lowest BCUT2D eigenvalue weighted by Gasteiger charge is -2.01. The van der Waals surface area contributed by atoms with E-state index in [1.54, 1.807) is 35.3 Å². The fraction of sp³-hybridized carbons (Fsp3) is 0.188. The van der Waals surface area contributed by atoms with Crippen molar-refractivity contribution in [2.24, 2.45) is 0 Å². The monoisotopic (exact) mass is 296 g/mol. The SMILES string of the molecule is CC(=O)Nc1ccc(C#CCNC(=O)Cn2cccn2)cc1. The Hall–Kier alpha value is -3.07. The minimum atomic E-state index is -0.140. The second-order valence-electron chi connectivity index (χ2n) is 4.54. The molecule has 0 saturated carbocycles. The van der Waals surface area contributed by atoms with E-state index in [4.69, 9.17) is 0 Å². The van der Waals surface area contributed by atoms with E-state index in [0.717, 1.165) is 11.3 Å². The van der Waals surface area contributed by atoms with E-state index in [0.29, 0.717) is 0 Å². The number of aromatic nitrogens is 2. The molecule has 0 fully saturated rings. The lowest BCUT2D eigenvalue weighted by molar-refractivity contribution is -0.121. The van der Waals surface area contributed by atoms with Crippen LogP contribution in [0.3, 0.4) is 0 Å². The number of nitrogens with zero attached hydrogens (tertiary/aromatic N) is 2. The van der Waals surface area contributed by atoms with Crippen LogP contribution in [0.1, 0.15) is 12.5 Å². The summed E-state index contributed by atoms with van der Waals surface area (Å²) in [7, 11) is 0. The maximum absolute atomic E-state index is 11.6. The van der Waals surface area contributed by atoms with Gasteiger partial charge in [0.1, 0.15) is 6.54 Å². The van der Waals surface area contributed by atoms with Crippen LogP contribution in [0.25, 0.3) is 0 Å². The molecule has 2 aromatic rings. The molecule has 0 saturated heterocycles. The number of amides is 2. The summed E-state index contributed by atoms with van der Waals surface area (Å²) >= 11 is 0. The van der Waals surface area contributed by atoms with E-state index in [-0.39, 0.29) is 24.9 Å². The summed E-state index contributed by atoms with van der Waals surface area (Å²) in [4.78, 5) is 22.5. The minimum absolute atomic E-state index is 0.112. The highest BCUT2D eigenvalue weighted by Crippen LogP contribution is 2.08. The molecule has 6 nitrogen and oxygen atoms in total. The molecule has 112 valence electrons. The van der Waals surface area contributed by atoms with Gasteiger partial charge in [-0.05, 0) is 30.3 Å². The number of rotatable bonds is 4. The van der Waals surface area contributed by atoms with Gasteiger partial charge in [-0.15, -0.1) is 0 Å². The molecule has 2 rings (SSSR count). The molecule has 1 aromatic carbocycles. The Morgan fingerprint density at radius 1 is 1.27 bits per heavy atom. The first-order valence-electron chi connectivity index (χ1n) is 6.74. The number of nitrogens with one attached hydrogen (secondary N) is 2. The number of benzene rings is 1. The third kappa shape index (κ3) is 5.13. The Morgan fingerprint density at radius 2 is 2.05 bits per heavy atom. The molecular weight excluding hydrogens is 280 g/mol. The minimum Gasteiger partial charge on any atom is -0.344 e. The van der Waals surface area contributed by atoms with Crippen molar-refractivity contribution in [1.82, 2.24) is 15.1 Å². The van der Waals surface area contributed by atoms with Gasteiger partial charge in [-0.25, -0.2) is 0 Å². The van der Waals surface area contributed by atoms with Crippen molar-refractivity contribution in [3.05, 3.63) is 48.3 Å². The van der Waals surface area contributed by atoms with E-state index in [2.05, 4.69) is 27.6 Å². The van der Waals surface area contributed by atoms with Crippen LogP contribution in [0.4, 0.5) is 5.69 Å². The summed E-state index contributed by atoms with van der Waals surface area (Å²) in [6, 6.07) is 8.94. The third-order valence-corrected chi connectivity index (χ3v) is 2.68. The lowest BCUT2D eigenvalue weighted by Crippen LogP contribution is -2.27. The number of hydrogen-bond donors (Lipinski definition) is 2. The quantitative estimate of drug-likeness (QED) is 0.827. The molecule has 6 heteroatoms. The molecule has 2 N–H and O–H groups in total. The van der Waals surface area contributed by atoms with Crippen LogP contribution in [0.5, 0.6) is 0 Å². The summed E-state index contributed by atoms with van der Waals surface area (Å²) in [5, 5.41) is 9.33. The van der Waals surface area contributed by atoms with Crippen LogP contribution in [0.15, 0.2) is 42.7 Å². The summed E-state index contributed by atoms with van der Waals surface area (Å²) in [5.74, 6) is 5.56. The van der Waals surface area contributed by atoms with E-state index in [1.807, 2.05) is 12.1 Å². The fourth-order valence-corrected chi connectivity index (χ4v) is 1.73. The summed E-state index contributed by atoms with van der Waals surface area (Å²) < 4.78 is 1.55. The second-order valence-corrected chi connectivity index (χ2v) is 4.54. The van der Waals surface area contributed by atoms with Gasteiger partial charge in [-0.3, -0.25) is 14.3 Å². The molecule has 0 spiro atoms. The predicted octanol–water partition coefficient (Wildman–Crippen LogP) is 1.01. The van der Waals surface area contributed by atoms with Gasteiger partial charge in [-0.2, -0.15) is 5.10 Å². The Bertz CT molecular complexity index is 694. The summed E-state index contributed by atoms with van der Waals surface area (Å²) in [6.45, 7) is 1.91. The number of carbonyl (C=O) groups excluding carboxylic acids is 2. The summed E-state index contributed by atoms with van der Waals surface area (Å²) in [6.07, 6.45) is 3.35. The van der Waals surface area contributed by atoms with Crippen LogP contribution in [0, 0.1) is 11.8 Å². The molecule has 0 radical (unpaired) electrons. The van der Waals surface area contributed by atoms with Crippen molar-refractivity contribution in [2.45, 2.75) is 13.5 Å². The lowest BCUT2D eigenvalue weighted by atomic mass is 10.2. The molecule has 2 amide bonds. The highest BCUT2D eigenvalue weighted by Gasteiger charge is 2.00. The van der Waals surface area contributed by atoms with E-state index >= 15 is 0 Å². The Balaban J connectivity index is 1.78. The predicted molar refractivity (Wildman–Crippen MR) is 82.9 cm³/mol. The molecule has 1 heterocycles. The molecule has 0 bridgehead atoms. The Morgan fingerprint density at radius 3 is 2.68 bits per heavy atom. The molecule has 0 aliphatic carbocycles. The van der Waals surface area contributed by atoms with Gasteiger partial charge in [0.05, 0.1) is 6.54 Å². The maximum atomic E-state index is 11.6. The fourth-order valence-electron chi connectivity index (χ4n) is 1.73. The van der Waals surface area contributed by atoms with Crippen molar-refractivity contribution >= 4 is 17.5 Å². The topological polar surface area (TPSA) is 76.0 Å². The van der Waals surface area contributed by atoms with Gasteiger partial charge in [0, 0.05) is 30.6 Å². The second kappa shape index (κ2) is 7.64. The van der Waals surface area contributed by atoms with Gasteiger partial charge in [-0.1, -0.05) is 11.8 Å². The van der Waals surface area contributed by atoms with Crippen molar-refractivity contribution in [3.8, 4) is 11.8 Å². The molecule has 0 aliphatic rings.